The van der Waals surface area contributed by atoms with Crippen LogP contribution in [0.25, 0.3) is 5.76 Å². The third-order valence-electron chi connectivity index (χ3n) is 5.04. The van der Waals surface area contributed by atoms with E-state index in [0.717, 1.165) is 10.5 Å². The summed E-state index contributed by atoms with van der Waals surface area (Å²) in [5.41, 5.74) is 1.98. The molecule has 1 amide bonds. The van der Waals surface area contributed by atoms with Crippen LogP contribution in [0.4, 0.5) is 5.69 Å². The Kier molecular flexibility index (Phi) is 6.75. The molecule has 1 heterocycles. The average Bonchev–Trinajstić information content (AvgIpc) is 2.75. The van der Waals surface area contributed by atoms with Gasteiger partial charge in [0.2, 0.25) is 5.91 Å². The number of amides is 1. The molecule has 0 radical (unpaired) electrons. The van der Waals surface area contributed by atoms with Crippen LogP contribution >= 0.6 is 11.8 Å². The number of hydrogen-bond acceptors (Lipinski definition) is 6. The van der Waals surface area contributed by atoms with Gasteiger partial charge in [-0.05, 0) is 32.0 Å². The summed E-state index contributed by atoms with van der Waals surface area (Å²) >= 11 is 1.34. The lowest BCUT2D eigenvalue weighted by molar-refractivity contribution is -0.120. The molecule has 160 valence electrons. The number of thioether (sulfide) groups is 1. The Bertz CT molecular complexity index is 1100. The van der Waals surface area contributed by atoms with Gasteiger partial charge in [-0.15, -0.1) is 11.8 Å². The number of ketones is 3. The first-order valence-electron chi connectivity index (χ1n) is 9.87. The van der Waals surface area contributed by atoms with Crippen molar-refractivity contribution in [2.24, 2.45) is 0 Å². The van der Waals surface area contributed by atoms with Crippen LogP contribution in [0.15, 0.2) is 52.9 Å². The molecule has 0 aromatic heterocycles. The molecule has 0 bridgehead atoms. The van der Waals surface area contributed by atoms with E-state index < -0.39 is 17.3 Å². The number of Topliss-reactive ketones (excluding diaryl/α,β-unsaturated/α-hetero) is 3. The van der Waals surface area contributed by atoms with Crippen molar-refractivity contribution in [2.45, 2.75) is 32.1 Å². The van der Waals surface area contributed by atoms with Crippen molar-refractivity contribution in [1.82, 2.24) is 0 Å². The second-order valence-electron chi connectivity index (χ2n) is 7.30. The standard InChI is InChI=1S/C24H23NO5S/c1-4-19(27)23(15(3)26)24(30)17-9-10-21-18(11-17)25(22(29)13-31-21)12-20(28)16-7-5-14(2)6-8-16/h5-11,30H,4,12-13H2,1-3H3/b24-23-. The van der Waals surface area contributed by atoms with Crippen molar-refractivity contribution in [1.29, 1.82) is 0 Å². The van der Waals surface area contributed by atoms with Gasteiger partial charge in [0.1, 0.15) is 11.3 Å². The van der Waals surface area contributed by atoms with E-state index in [-0.39, 0.29) is 41.5 Å². The van der Waals surface area contributed by atoms with Crippen LogP contribution in [0.2, 0.25) is 0 Å². The zero-order chi connectivity index (χ0) is 22.7. The van der Waals surface area contributed by atoms with Crippen molar-refractivity contribution in [3.8, 4) is 0 Å². The second-order valence-corrected chi connectivity index (χ2v) is 8.31. The molecule has 7 heteroatoms. The predicted octanol–water partition coefficient (Wildman–Crippen LogP) is 4.15. The summed E-state index contributed by atoms with van der Waals surface area (Å²) in [6.07, 6.45) is 0.0788. The van der Waals surface area contributed by atoms with Crippen molar-refractivity contribution >= 4 is 46.5 Å². The van der Waals surface area contributed by atoms with E-state index in [0.29, 0.717) is 11.3 Å². The first kappa shape index (κ1) is 22.5. The Morgan fingerprint density at radius 1 is 1.06 bits per heavy atom. The summed E-state index contributed by atoms with van der Waals surface area (Å²) < 4.78 is 0. The van der Waals surface area contributed by atoms with Crippen LogP contribution in [-0.4, -0.2) is 40.7 Å². The van der Waals surface area contributed by atoms with Gasteiger partial charge in [-0.2, -0.15) is 0 Å². The fraction of sp³-hybridized carbons (Fsp3) is 0.250. The molecule has 2 aromatic carbocycles. The molecule has 6 nitrogen and oxygen atoms in total. The number of aliphatic hydroxyl groups is 1. The van der Waals surface area contributed by atoms with E-state index in [9.17, 15) is 24.3 Å². The highest BCUT2D eigenvalue weighted by Gasteiger charge is 2.28. The molecule has 0 fully saturated rings. The Balaban J connectivity index is 2.01. The second kappa shape index (κ2) is 9.31. The van der Waals surface area contributed by atoms with E-state index >= 15 is 0 Å². The van der Waals surface area contributed by atoms with Crippen molar-refractivity contribution < 1.29 is 24.3 Å². The highest BCUT2D eigenvalue weighted by Crippen LogP contribution is 2.37. The third-order valence-corrected chi connectivity index (χ3v) is 6.09. The fourth-order valence-electron chi connectivity index (χ4n) is 3.31. The predicted molar refractivity (Wildman–Crippen MR) is 121 cm³/mol. The molecule has 0 saturated heterocycles. The maximum Gasteiger partial charge on any atom is 0.237 e. The van der Waals surface area contributed by atoms with Gasteiger partial charge in [0.05, 0.1) is 18.0 Å². The lowest BCUT2D eigenvalue weighted by atomic mass is 9.99. The fourth-order valence-corrected chi connectivity index (χ4v) is 4.23. The quantitative estimate of drug-likeness (QED) is 0.230. The molecule has 2 aromatic rings. The van der Waals surface area contributed by atoms with Crippen molar-refractivity contribution in [3.05, 3.63) is 64.7 Å². The first-order chi connectivity index (χ1) is 14.7. The Labute approximate surface area is 184 Å². The minimum Gasteiger partial charge on any atom is -0.506 e. The van der Waals surface area contributed by atoms with Crippen LogP contribution in [0.3, 0.4) is 0 Å². The van der Waals surface area contributed by atoms with Crippen LogP contribution in [0.5, 0.6) is 0 Å². The summed E-state index contributed by atoms with van der Waals surface area (Å²) in [5.74, 6) is -1.65. The Morgan fingerprint density at radius 3 is 2.32 bits per heavy atom. The zero-order valence-corrected chi connectivity index (χ0v) is 18.4. The van der Waals surface area contributed by atoms with Crippen LogP contribution < -0.4 is 4.90 Å². The number of allylic oxidation sites excluding steroid dienone is 1. The topological polar surface area (TPSA) is 91.8 Å². The summed E-state index contributed by atoms with van der Waals surface area (Å²) in [7, 11) is 0. The third kappa shape index (κ3) is 4.77. The van der Waals surface area contributed by atoms with E-state index in [1.807, 2.05) is 19.1 Å². The van der Waals surface area contributed by atoms with Crippen LogP contribution in [-0.2, 0) is 14.4 Å². The summed E-state index contributed by atoms with van der Waals surface area (Å²) in [6.45, 7) is 4.62. The minimum atomic E-state index is -0.529. The number of nitrogens with zero attached hydrogens (tertiary/aromatic N) is 1. The number of fused-ring (bicyclic) bond motifs is 1. The molecule has 0 spiro atoms. The average molecular weight is 438 g/mol. The smallest absolute Gasteiger partial charge is 0.237 e. The molecule has 0 saturated carbocycles. The highest BCUT2D eigenvalue weighted by atomic mass is 32.2. The number of aryl methyl sites for hydroxylation is 1. The molecule has 1 aliphatic heterocycles. The number of benzene rings is 2. The monoisotopic (exact) mass is 437 g/mol. The van der Waals surface area contributed by atoms with Gasteiger partial charge in [0.15, 0.2) is 17.3 Å². The number of hydrogen-bond donors (Lipinski definition) is 1. The molecule has 1 N–H and O–H groups in total. The van der Waals surface area contributed by atoms with Gasteiger partial charge in [0.25, 0.3) is 0 Å². The van der Waals surface area contributed by atoms with Gasteiger partial charge < -0.3 is 10.0 Å². The van der Waals surface area contributed by atoms with Gasteiger partial charge >= 0.3 is 0 Å². The first-order valence-corrected chi connectivity index (χ1v) is 10.9. The SMILES string of the molecule is CCC(=O)/C(C(C)=O)=C(\O)c1ccc2c(c1)N(CC(=O)c1ccc(C)cc1)C(=O)CS2. The Morgan fingerprint density at radius 2 is 1.71 bits per heavy atom. The molecule has 0 atom stereocenters. The van der Waals surface area contributed by atoms with E-state index in [1.165, 1.54) is 23.6 Å². The molecule has 0 aliphatic carbocycles. The normalized spacial score (nSPS) is 14.0. The number of aliphatic hydroxyl groups excluding tert-OH is 1. The molecule has 3 rings (SSSR count). The van der Waals surface area contributed by atoms with Crippen LogP contribution in [0.1, 0.15) is 41.8 Å². The zero-order valence-electron chi connectivity index (χ0n) is 17.6. The van der Waals surface area contributed by atoms with Crippen LogP contribution in [0, 0.1) is 6.92 Å². The number of anilines is 1. The van der Waals surface area contributed by atoms with E-state index in [2.05, 4.69) is 0 Å². The number of carbonyl (C=O) groups excluding carboxylic acids is 4. The van der Waals surface area contributed by atoms with E-state index in [1.54, 1.807) is 37.3 Å². The largest absolute Gasteiger partial charge is 0.506 e. The molecular weight excluding hydrogens is 414 g/mol. The van der Waals surface area contributed by atoms with Gasteiger partial charge in [-0.3, -0.25) is 19.2 Å². The Hall–Kier alpha value is -3.19. The van der Waals surface area contributed by atoms with Gasteiger partial charge in [-0.1, -0.05) is 36.8 Å². The molecule has 1 aliphatic rings. The summed E-state index contributed by atoms with van der Waals surface area (Å²) in [6, 6.07) is 12.0. The summed E-state index contributed by atoms with van der Waals surface area (Å²) in [4.78, 5) is 51.7. The lowest BCUT2D eigenvalue weighted by Gasteiger charge is -2.29. The minimum absolute atomic E-state index is 0.0788. The van der Waals surface area contributed by atoms with Gasteiger partial charge in [0, 0.05) is 22.4 Å². The van der Waals surface area contributed by atoms with Crippen molar-refractivity contribution in [2.75, 3.05) is 17.2 Å². The maximum absolute atomic E-state index is 12.8. The molecule has 0 unspecified atom stereocenters. The molecule has 31 heavy (non-hydrogen) atoms. The van der Waals surface area contributed by atoms with E-state index in [4.69, 9.17) is 0 Å². The van der Waals surface area contributed by atoms with Crippen molar-refractivity contribution in [3.63, 3.8) is 0 Å². The number of carbonyl (C=O) groups is 4. The van der Waals surface area contributed by atoms with Gasteiger partial charge in [-0.25, -0.2) is 0 Å². The molecular formula is C24H23NO5S. The lowest BCUT2D eigenvalue weighted by Crippen LogP contribution is -2.39. The highest BCUT2D eigenvalue weighted by molar-refractivity contribution is 8.00. The summed E-state index contributed by atoms with van der Waals surface area (Å²) in [5, 5.41) is 10.7. The number of rotatable bonds is 7. The maximum atomic E-state index is 12.8.